The van der Waals surface area contributed by atoms with Gasteiger partial charge in [-0.15, -0.1) is 12.3 Å². The van der Waals surface area contributed by atoms with Crippen LogP contribution >= 0.6 is 0 Å². The van der Waals surface area contributed by atoms with E-state index in [1.54, 1.807) is 0 Å². The lowest BCUT2D eigenvalue weighted by molar-refractivity contribution is -0.137. The summed E-state index contributed by atoms with van der Waals surface area (Å²) >= 11 is 0. The molecule has 82 valence electrons. The van der Waals surface area contributed by atoms with Crippen LogP contribution in [-0.2, 0) is 9.53 Å². The minimum Gasteiger partial charge on any atom is -0.481 e. The molecule has 15 heavy (non-hydrogen) atoms. The molecular formula is C10H13NO4. The first kappa shape index (κ1) is 13.0. The summed E-state index contributed by atoms with van der Waals surface area (Å²) in [5.74, 6) is 1.25. The van der Waals surface area contributed by atoms with E-state index in [0.29, 0.717) is 0 Å². The number of hydrogen-bond acceptors (Lipinski definition) is 3. The highest BCUT2D eigenvalue weighted by Crippen LogP contribution is 1.98. The van der Waals surface area contributed by atoms with Crippen LogP contribution in [0.4, 0.5) is 4.79 Å². The fourth-order valence-electron chi connectivity index (χ4n) is 0.870. The fourth-order valence-corrected chi connectivity index (χ4v) is 0.870. The van der Waals surface area contributed by atoms with Gasteiger partial charge in [0.1, 0.15) is 6.61 Å². The number of aliphatic carboxylic acids is 1. The van der Waals surface area contributed by atoms with Gasteiger partial charge in [-0.05, 0) is 0 Å². The van der Waals surface area contributed by atoms with E-state index >= 15 is 0 Å². The highest BCUT2D eigenvalue weighted by molar-refractivity contribution is 5.71. The lowest BCUT2D eigenvalue weighted by Gasteiger charge is -2.13. The number of hydrogen-bond donors (Lipinski definition) is 2. The van der Waals surface area contributed by atoms with Crippen molar-refractivity contribution in [2.75, 3.05) is 6.61 Å². The number of amides is 1. The lowest BCUT2D eigenvalue weighted by atomic mass is 10.1. The summed E-state index contributed by atoms with van der Waals surface area (Å²) in [5.41, 5.74) is 0. The Kier molecular flexibility index (Phi) is 6.47. The molecule has 0 saturated heterocycles. The molecule has 0 aromatic rings. The summed E-state index contributed by atoms with van der Waals surface area (Å²) in [5, 5.41) is 10.9. The maximum absolute atomic E-state index is 11.0. The molecule has 0 fully saturated rings. The van der Waals surface area contributed by atoms with E-state index in [9.17, 15) is 9.59 Å². The van der Waals surface area contributed by atoms with Crippen molar-refractivity contribution in [2.45, 2.75) is 18.9 Å². The van der Waals surface area contributed by atoms with E-state index < -0.39 is 18.1 Å². The van der Waals surface area contributed by atoms with Gasteiger partial charge in [-0.2, -0.15) is 0 Å². The van der Waals surface area contributed by atoms with Crippen molar-refractivity contribution in [3.63, 3.8) is 0 Å². The Labute approximate surface area is 88.1 Å². The van der Waals surface area contributed by atoms with Crippen LogP contribution in [0, 0.1) is 12.3 Å². The van der Waals surface area contributed by atoms with Crippen molar-refractivity contribution in [3.8, 4) is 12.3 Å². The van der Waals surface area contributed by atoms with Gasteiger partial charge >= 0.3 is 12.1 Å². The van der Waals surface area contributed by atoms with Gasteiger partial charge < -0.3 is 15.2 Å². The molecule has 5 nitrogen and oxygen atoms in total. The summed E-state index contributed by atoms with van der Waals surface area (Å²) in [7, 11) is 0. The maximum atomic E-state index is 11.0. The molecule has 1 atom stereocenters. The molecule has 2 N–H and O–H groups in total. The molecule has 0 aliphatic carbocycles. The van der Waals surface area contributed by atoms with Crippen LogP contribution in [0.5, 0.6) is 0 Å². The predicted molar refractivity (Wildman–Crippen MR) is 54.2 cm³/mol. The summed E-state index contributed by atoms with van der Waals surface area (Å²) in [6, 6.07) is -0.607. The van der Waals surface area contributed by atoms with E-state index in [0.717, 1.165) is 0 Å². The van der Waals surface area contributed by atoms with Crippen LogP contribution in [0.3, 0.4) is 0 Å². The highest BCUT2D eigenvalue weighted by atomic mass is 16.5. The summed E-state index contributed by atoms with van der Waals surface area (Å²) in [4.78, 5) is 21.4. The molecule has 0 unspecified atom stereocenters. The Balaban J connectivity index is 4.04. The van der Waals surface area contributed by atoms with E-state index in [1.165, 1.54) is 6.08 Å². The van der Waals surface area contributed by atoms with Gasteiger partial charge in [-0.25, -0.2) is 4.79 Å². The van der Waals surface area contributed by atoms with Crippen molar-refractivity contribution in [2.24, 2.45) is 0 Å². The zero-order valence-electron chi connectivity index (χ0n) is 8.23. The Bertz CT molecular complexity index is 280. The van der Waals surface area contributed by atoms with Crippen molar-refractivity contribution < 1.29 is 19.4 Å². The maximum Gasteiger partial charge on any atom is 0.407 e. The van der Waals surface area contributed by atoms with Gasteiger partial charge in [0, 0.05) is 6.42 Å². The van der Waals surface area contributed by atoms with E-state index in [-0.39, 0.29) is 19.4 Å². The Morgan fingerprint density at radius 1 is 1.67 bits per heavy atom. The number of carboxylic acid groups (broad SMARTS) is 1. The molecule has 1 amide bonds. The van der Waals surface area contributed by atoms with Gasteiger partial charge in [0.15, 0.2) is 0 Å². The topological polar surface area (TPSA) is 75.6 Å². The molecule has 0 aliphatic rings. The van der Waals surface area contributed by atoms with Crippen molar-refractivity contribution >= 4 is 12.1 Å². The summed E-state index contributed by atoms with van der Waals surface area (Å²) < 4.78 is 4.62. The van der Waals surface area contributed by atoms with Gasteiger partial charge in [-0.3, -0.25) is 4.79 Å². The molecule has 0 saturated carbocycles. The number of carbonyl (C=O) groups excluding carboxylic acids is 1. The zero-order chi connectivity index (χ0) is 11.7. The number of nitrogens with one attached hydrogen (secondary N) is 1. The third-order valence-corrected chi connectivity index (χ3v) is 1.44. The lowest BCUT2D eigenvalue weighted by Crippen LogP contribution is -2.36. The number of terminal acetylenes is 1. The van der Waals surface area contributed by atoms with Crippen LogP contribution < -0.4 is 5.32 Å². The fraction of sp³-hybridized carbons (Fsp3) is 0.400. The second-order valence-corrected chi connectivity index (χ2v) is 2.73. The van der Waals surface area contributed by atoms with Crippen LogP contribution in [0.2, 0.25) is 0 Å². The molecule has 0 spiro atoms. The second kappa shape index (κ2) is 7.44. The van der Waals surface area contributed by atoms with Crippen molar-refractivity contribution in [1.29, 1.82) is 0 Å². The quantitative estimate of drug-likeness (QED) is 0.502. The SMILES string of the molecule is C#CC[C@H](CC(=O)O)NC(=O)OCC=C. The number of rotatable bonds is 6. The monoisotopic (exact) mass is 211 g/mol. The van der Waals surface area contributed by atoms with Crippen LogP contribution in [0.15, 0.2) is 12.7 Å². The normalized spacial score (nSPS) is 10.9. The van der Waals surface area contributed by atoms with E-state index in [1.807, 2.05) is 0 Å². The van der Waals surface area contributed by atoms with Crippen molar-refractivity contribution in [3.05, 3.63) is 12.7 Å². The molecule has 0 aromatic heterocycles. The first-order valence-corrected chi connectivity index (χ1v) is 4.29. The van der Waals surface area contributed by atoms with E-state index in [2.05, 4.69) is 22.6 Å². The average Bonchev–Trinajstić information content (AvgIpc) is 2.14. The molecule has 0 radical (unpaired) electrons. The first-order valence-electron chi connectivity index (χ1n) is 4.29. The smallest absolute Gasteiger partial charge is 0.407 e. The van der Waals surface area contributed by atoms with Gasteiger partial charge in [0.25, 0.3) is 0 Å². The standard InChI is InChI=1S/C10H13NO4/c1-3-5-8(7-9(12)13)11-10(14)15-6-4-2/h1,4,8H,2,5-7H2,(H,11,14)(H,12,13)/t8-/m1/s1. The third-order valence-electron chi connectivity index (χ3n) is 1.44. The van der Waals surface area contributed by atoms with Crippen LogP contribution in [0.1, 0.15) is 12.8 Å². The predicted octanol–water partition coefficient (Wildman–Crippen LogP) is 0.765. The molecule has 0 aliphatic heterocycles. The Morgan fingerprint density at radius 2 is 2.33 bits per heavy atom. The van der Waals surface area contributed by atoms with E-state index in [4.69, 9.17) is 11.5 Å². The number of ether oxygens (including phenoxy) is 1. The van der Waals surface area contributed by atoms with Crippen LogP contribution in [-0.4, -0.2) is 29.8 Å². The Hall–Kier alpha value is -1.96. The molecule has 5 heteroatoms. The zero-order valence-corrected chi connectivity index (χ0v) is 8.23. The third kappa shape index (κ3) is 7.14. The van der Waals surface area contributed by atoms with Gasteiger partial charge in [0.2, 0.25) is 0 Å². The molecular weight excluding hydrogens is 198 g/mol. The largest absolute Gasteiger partial charge is 0.481 e. The van der Waals surface area contributed by atoms with Crippen molar-refractivity contribution in [1.82, 2.24) is 5.32 Å². The Morgan fingerprint density at radius 3 is 2.80 bits per heavy atom. The highest BCUT2D eigenvalue weighted by Gasteiger charge is 2.15. The molecule has 0 aromatic carbocycles. The number of carbonyl (C=O) groups is 2. The number of carboxylic acids is 1. The molecule has 0 heterocycles. The summed E-state index contributed by atoms with van der Waals surface area (Å²) in [6.07, 6.45) is 5.66. The summed E-state index contributed by atoms with van der Waals surface area (Å²) in [6.45, 7) is 3.44. The van der Waals surface area contributed by atoms with Gasteiger partial charge in [0.05, 0.1) is 12.5 Å². The average molecular weight is 211 g/mol. The minimum atomic E-state index is -1.03. The van der Waals surface area contributed by atoms with Gasteiger partial charge in [-0.1, -0.05) is 12.7 Å². The second-order valence-electron chi connectivity index (χ2n) is 2.73. The molecule has 0 rings (SSSR count). The molecule has 0 bridgehead atoms. The minimum absolute atomic E-state index is 0.0711. The van der Waals surface area contributed by atoms with Crippen LogP contribution in [0.25, 0.3) is 0 Å². The number of alkyl carbamates (subject to hydrolysis) is 1. The first-order chi connectivity index (χ1) is 7.10.